The predicted molar refractivity (Wildman–Crippen MR) is 107 cm³/mol. The number of hydrogen-bond donors (Lipinski definition) is 1. The van der Waals surface area contributed by atoms with Gasteiger partial charge in [0.25, 0.3) is 5.91 Å². The topological polar surface area (TPSA) is 65.1 Å². The Bertz CT molecular complexity index is 574. The molecule has 3 aliphatic heterocycles. The number of nitrogens with zero attached hydrogens (tertiary/aromatic N) is 3. The largest absolute Gasteiger partial charge is 0.373 e. The molecule has 4 aliphatic rings. The summed E-state index contributed by atoms with van der Waals surface area (Å²) in [6.45, 7) is 11.0. The van der Waals surface area contributed by atoms with Gasteiger partial charge in [-0.1, -0.05) is 12.8 Å². The standard InChI is InChI=1S/C21H36N4O3/c1-16-13-24(14-17(2)28-16)15-18-5-9-23(10-6-18)11-12-25-19(26)21(22-20(25)27)7-3-4-8-21/h16-18H,3-15H2,1-2H3,(H,22,27). The third kappa shape index (κ3) is 4.21. The van der Waals surface area contributed by atoms with E-state index in [1.54, 1.807) is 0 Å². The van der Waals surface area contributed by atoms with Gasteiger partial charge in [-0.05, 0) is 58.5 Å². The Balaban J connectivity index is 1.20. The van der Waals surface area contributed by atoms with E-state index in [9.17, 15) is 9.59 Å². The van der Waals surface area contributed by atoms with Crippen LogP contribution in [0.4, 0.5) is 4.79 Å². The highest BCUT2D eigenvalue weighted by atomic mass is 16.5. The van der Waals surface area contributed by atoms with Crippen LogP contribution in [0.3, 0.4) is 0 Å². The van der Waals surface area contributed by atoms with Crippen LogP contribution in [0, 0.1) is 5.92 Å². The lowest BCUT2D eigenvalue weighted by Gasteiger charge is -2.39. The zero-order valence-corrected chi connectivity index (χ0v) is 17.5. The first-order chi connectivity index (χ1) is 13.4. The van der Waals surface area contributed by atoms with E-state index in [1.165, 1.54) is 24.3 Å². The van der Waals surface area contributed by atoms with E-state index in [2.05, 4.69) is 29.0 Å². The lowest BCUT2D eigenvalue weighted by Crippen LogP contribution is -2.49. The molecule has 1 spiro atoms. The molecule has 7 heteroatoms. The van der Waals surface area contributed by atoms with E-state index in [-0.39, 0.29) is 11.9 Å². The van der Waals surface area contributed by atoms with Crippen molar-refractivity contribution >= 4 is 11.9 Å². The zero-order chi connectivity index (χ0) is 19.7. The average molecular weight is 393 g/mol. The molecule has 3 amide bonds. The Labute approximate surface area is 168 Å². The predicted octanol–water partition coefficient (Wildman–Crippen LogP) is 1.67. The lowest BCUT2D eigenvalue weighted by atomic mass is 9.95. The Morgan fingerprint density at radius 2 is 1.64 bits per heavy atom. The maximum absolute atomic E-state index is 12.7. The molecule has 0 radical (unpaired) electrons. The fourth-order valence-corrected chi connectivity index (χ4v) is 5.63. The fourth-order valence-electron chi connectivity index (χ4n) is 5.63. The third-order valence-electron chi connectivity index (χ3n) is 7.06. The molecule has 1 aliphatic carbocycles. The molecular weight excluding hydrogens is 356 g/mol. The van der Waals surface area contributed by atoms with Crippen molar-refractivity contribution in [2.75, 3.05) is 45.8 Å². The Hall–Kier alpha value is -1.18. The summed E-state index contributed by atoms with van der Waals surface area (Å²) in [5, 5.41) is 2.98. The number of piperidine rings is 1. The second-order valence-corrected chi connectivity index (χ2v) is 9.44. The Kier molecular flexibility index (Phi) is 5.95. The molecule has 0 aromatic heterocycles. The fraction of sp³-hybridized carbons (Fsp3) is 0.905. The summed E-state index contributed by atoms with van der Waals surface area (Å²) in [5.41, 5.74) is -0.573. The maximum atomic E-state index is 12.7. The van der Waals surface area contributed by atoms with Gasteiger partial charge in [0.1, 0.15) is 5.54 Å². The number of imide groups is 1. The van der Waals surface area contributed by atoms with Crippen LogP contribution in [0.5, 0.6) is 0 Å². The minimum atomic E-state index is -0.573. The number of ether oxygens (including phenoxy) is 1. The van der Waals surface area contributed by atoms with E-state index in [0.29, 0.717) is 18.8 Å². The van der Waals surface area contributed by atoms with Gasteiger partial charge in [0.05, 0.1) is 12.2 Å². The third-order valence-corrected chi connectivity index (χ3v) is 7.06. The van der Waals surface area contributed by atoms with E-state index >= 15 is 0 Å². The Morgan fingerprint density at radius 3 is 2.29 bits per heavy atom. The van der Waals surface area contributed by atoms with Crippen molar-refractivity contribution in [1.29, 1.82) is 0 Å². The molecule has 158 valence electrons. The van der Waals surface area contributed by atoms with Crippen LogP contribution in [-0.4, -0.2) is 90.2 Å². The minimum absolute atomic E-state index is 0.0143. The first kappa shape index (κ1) is 20.1. The summed E-state index contributed by atoms with van der Waals surface area (Å²) in [5.74, 6) is 0.757. The highest BCUT2D eigenvalue weighted by molar-refractivity contribution is 6.07. The van der Waals surface area contributed by atoms with Crippen LogP contribution in [0.25, 0.3) is 0 Å². The molecule has 28 heavy (non-hydrogen) atoms. The zero-order valence-electron chi connectivity index (χ0n) is 17.5. The van der Waals surface area contributed by atoms with Crippen molar-refractivity contribution in [3.8, 4) is 0 Å². The van der Waals surface area contributed by atoms with Gasteiger partial charge in [-0.3, -0.25) is 14.6 Å². The van der Waals surface area contributed by atoms with Gasteiger partial charge in [0, 0.05) is 32.7 Å². The van der Waals surface area contributed by atoms with Crippen molar-refractivity contribution in [3.05, 3.63) is 0 Å². The van der Waals surface area contributed by atoms with Gasteiger partial charge < -0.3 is 15.0 Å². The molecular formula is C21H36N4O3. The average Bonchev–Trinajstić information content (AvgIpc) is 3.20. The van der Waals surface area contributed by atoms with Gasteiger partial charge in [0.15, 0.2) is 0 Å². The van der Waals surface area contributed by atoms with Gasteiger partial charge in [-0.2, -0.15) is 0 Å². The van der Waals surface area contributed by atoms with Gasteiger partial charge in [-0.25, -0.2) is 4.79 Å². The molecule has 3 heterocycles. The second kappa shape index (κ2) is 8.28. The quantitative estimate of drug-likeness (QED) is 0.721. The van der Waals surface area contributed by atoms with Crippen molar-refractivity contribution in [2.45, 2.75) is 70.1 Å². The SMILES string of the molecule is CC1CN(CC2CCN(CCN3C(=O)NC4(CCCC4)C3=O)CC2)CC(C)O1. The molecule has 2 unspecified atom stereocenters. The molecule has 2 atom stereocenters. The van der Waals surface area contributed by atoms with E-state index < -0.39 is 5.54 Å². The minimum Gasteiger partial charge on any atom is -0.373 e. The summed E-state index contributed by atoms with van der Waals surface area (Å²) < 4.78 is 5.84. The summed E-state index contributed by atoms with van der Waals surface area (Å²) in [7, 11) is 0. The number of urea groups is 1. The van der Waals surface area contributed by atoms with Crippen molar-refractivity contribution in [3.63, 3.8) is 0 Å². The van der Waals surface area contributed by atoms with Crippen molar-refractivity contribution < 1.29 is 14.3 Å². The number of amides is 3. The summed E-state index contributed by atoms with van der Waals surface area (Å²) in [4.78, 5) is 31.5. The molecule has 4 fully saturated rings. The van der Waals surface area contributed by atoms with Crippen LogP contribution in [0.2, 0.25) is 0 Å². The molecule has 0 aromatic carbocycles. The van der Waals surface area contributed by atoms with Crippen LogP contribution >= 0.6 is 0 Å². The first-order valence-electron chi connectivity index (χ1n) is 11.2. The summed E-state index contributed by atoms with van der Waals surface area (Å²) >= 11 is 0. The highest BCUT2D eigenvalue weighted by Crippen LogP contribution is 2.35. The van der Waals surface area contributed by atoms with E-state index in [0.717, 1.165) is 64.3 Å². The van der Waals surface area contributed by atoms with Crippen molar-refractivity contribution in [2.24, 2.45) is 5.92 Å². The maximum Gasteiger partial charge on any atom is 0.325 e. The van der Waals surface area contributed by atoms with Gasteiger partial charge in [0.2, 0.25) is 0 Å². The summed E-state index contributed by atoms with van der Waals surface area (Å²) in [6, 6.07) is -0.183. The number of morpholine rings is 1. The molecule has 7 nitrogen and oxygen atoms in total. The van der Waals surface area contributed by atoms with Crippen LogP contribution in [-0.2, 0) is 9.53 Å². The number of hydrogen-bond acceptors (Lipinski definition) is 5. The van der Waals surface area contributed by atoms with E-state index in [4.69, 9.17) is 4.74 Å². The highest BCUT2D eigenvalue weighted by Gasteiger charge is 2.52. The summed E-state index contributed by atoms with van der Waals surface area (Å²) in [6.07, 6.45) is 6.74. The monoisotopic (exact) mass is 392 g/mol. The Morgan fingerprint density at radius 1 is 1.00 bits per heavy atom. The second-order valence-electron chi connectivity index (χ2n) is 9.44. The van der Waals surface area contributed by atoms with Crippen LogP contribution in [0.1, 0.15) is 52.4 Å². The molecule has 1 saturated carbocycles. The number of carbonyl (C=O) groups excluding carboxylic acids is 2. The molecule has 0 aromatic rings. The van der Waals surface area contributed by atoms with Crippen LogP contribution < -0.4 is 5.32 Å². The molecule has 0 bridgehead atoms. The number of nitrogens with one attached hydrogen (secondary N) is 1. The normalized spacial score (nSPS) is 32.4. The number of likely N-dealkylation sites (tertiary alicyclic amines) is 1. The van der Waals surface area contributed by atoms with E-state index in [1.807, 2.05) is 0 Å². The molecule has 3 saturated heterocycles. The first-order valence-corrected chi connectivity index (χ1v) is 11.2. The smallest absolute Gasteiger partial charge is 0.325 e. The lowest BCUT2D eigenvalue weighted by molar-refractivity contribution is -0.131. The van der Waals surface area contributed by atoms with Gasteiger partial charge in [-0.15, -0.1) is 0 Å². The molecule has 4 rings (SSSR count). The van der Waals surface area contributed by atoms with Crippen LogP contribution in [0.15, 0.2) is 0 Å². The van der Waals surface area contributed by atoms with Crippen molar-refractivity contribution in [1.82, 2.24) is 20.0 Å². The van der Waals surface area contributed by atoms with Gasteiger partial charge >= 0.3 is 6.03 Å². The number of carbonyl (C=O) groups is 2. The number of rotatable bonds is 5. The molecule has 1 N–H and O–H groups in total.